The summed E-state index contributed by atoms with van der Waals surface area (Å²) in [4.78, 5) is 21.7. The van der Waals surface area contributed by atoms with Crippen molar-refractivity contribution in [2.45, 2.75) is 46.0 Å². The van der Waals surface area contributed by atoms with Gasteiger partial charge in [0.2, 0.25) is 5.91 Å². The SMILES string of the molecule is CC(=O)CCCCCc1cccc(NC(C)=O)c1. The second-order valence-electron chi connectivity index (χ2n) is 4.64. The van der Waals surface area contributed by atoms with Crippen molar-refractivity contribution in [2.75, 3.05) is 5.32 Å². The lowest BCUT2D eigenvalue weighted by molar-refractivity contribution is -0.117. The maximum absolute atomic E-state index is 10.9. The standard InChI is InChI=1S/C15H21NO2/c1-12(17)7-4-3-5-8-14-9-6-10-15(11-14)16-13(2)18/h6,9-11H,3-5,7-8H2,1-2H3,(H,16,18). The van der Waals surface area contributed by atoms with Crippen LogP contribution < -0.4 is 5.32 Å². The van der Waals surface area contributed by atoms with Crippen LogP contribution >= 0.6 is 0 Å². The third kappa shape index (κ3) is 6.18. The van der Waals surface area contributed by atoms with E-state index in [0.29, 0.717) is 6.42 Å². The van der Waals surface area contributed by atoms with Crippen LogP contribution in [0.1, 0.15) is 45.1 Å². The van der Waals surface area contributed by atoms with E-state index in [1.54, 1.807) is 6.92 Å². The highest BCUT2D eigenvalue weighted by atomic mass is 16.1. The fourth-order valence-corrected chi connectivity index (χ4v) is 1.89. The van der Waals surface area contributed by atoms with E-state index in [-0.39, 0.29) is 11.7 Å². The molecule has 0 saturated heterocycles. The van der Waals surface area contributed by atoms with Gasteiger partial charge in [0.25, 0.3) is 0 Å². The minimum Gasteiger partial charge on any atom is -0.326 e. The summed E-state index contributed by atoms with van der Waals surface area (Å²) in [6.07, 6.45) is 4.80. The van der Waals surface area contributed by atoms with Crippen LogP contribution in [0.3, 0.4) is 0 Å². The number of carbonyl (C=O) groups excluding carboxylic acids is 2. The number of hydrogen-bond donors (Lipinski definition) is 1. The Balaban J connectivity index is 2.33. The summed E-state index contributed by atoms with van der Waals surface area (Å²) in [5.41, 5.74) is 2.08. The molecular formula is C15H21NO2. The summed E-state index contributed by atoms with van der Waals surface area (Å²) in [7, 11) is 0. The van der Waals surface area contributed by atoms with E-state index in [9.17, 15) is 9.59 Å². The van der Waals surface area contributed by atoms with Gasteiger partial charge in [0.15, 0.2) is 0 Å². The van der Waals surface area contributed by atoms with Gasteiger partial charge in [-0.1, -0.05) is 18.6 Å². The first kappa shape index (κ1) is 14.4. The summed E-state index contributed by atoms with van der Waals surface area (Å²) in [6.45, 7) is 3.14. The molecule has 0 bridgehead atoms. The molecule has 0 aliphatic heterocycles. The lowest BCUT2D eigenvalue weighted by Crippen LogP contribution is -2.05. The van der Waals surface area contributed by atoms with Gasteiger partial charge in [-0.25, -0.2) is 0 Å². The zero-order valence-corrected chi connectivity index (χ0v) is 11.2. The molecule has 98 valence electrons. The third-order valence-electron chi connectivity index (χ3n) is 2.74. The van der Waals surface area contributed by atoms with Crippen LogP contribution in [-0.4, -0.2) is 11.7 Å². The van der Waals surface area contributed by atoms with Crippen molar-refractivity contribution in [2.24, 2.45) is 0 Å². The number of hydrogen-bond acceptors (Lipinski definition) is 2. The molecule has 3 nitrogen and oxygen atoms in total. The maximum Gasteiger partial charge on any atom is 0.221 e. The van der Waals surface area contributed by atoms with Gasteiger partial charge in [-0.05, 0) is 43.9 Å². The van der Waals surface area contributed by atoms with E-state index in [0.717, 1.165) is 31.4 Å². The van der Waals surface area contributed by atoms with Crippen LogP contribution in [0.15, 0.2) is 24.3 Å². The Morgan fingerprint density at radius 2 is 1.89 bits per heavy atom. The van der Waals surface area contributed by atoms with Crippen LogP contribution in [0.25, 0.3) is 0 Å². The van der Waals surface area contributed by atoms with Crippen molar-refractivity contribution in [1.29, 1.82) is 0 Å². The number of anilines is 1. The summed E-state index contributed by atoms with van der Waals surface area (Å²) in [5.74, 6) is 0.219. The molecule has 18 heavy (non-hydrogen) atoms. The van der Waals surface area contributed by atoms with Crippen LogP contribution in [0.4, 0.5) is 5.69 Å². The first-order valence-corrected chi connectivity index (χ1v) is 6.44. The molecule has 0 heterocycles. The van der Waals surface area contributed by atoms with Crippen LogP contribution in [-0.2, 0) is 16.0 Å². The number of carbonyl (C=O) groups is 2. The Morgan fingerprint density at radius 3 is 2.56 bits per heavy atom. The number of Topliss-reactive ketones (excluding diaryl/α,β-unsaturated/α-hetero) is 1. The molecule has 1 N–H and O–H groups in total. The molecule has 0 saturated carbocycles. The van der Waals surface area contributed by atoms with Crippen molar-refractivity contribution < 1.29 is 9.59 Å². The van der Waals surface area contributed by atoms with Gasteiger partial charge in [-0.3, -0.25) is 4.79 Å². The maximum atomic E-state index is 10.9. The summed E-state index contributed by atoms with van der Waals surface area (Å²) >= 11 is 0. The number of ketones is 1. The Hall–Kier alpha value is -1.64. The molecule has 0 aliphatic rings. The Kier molecular flexibility index (Phi) is 6.12. The molecule has 0 spiro atoms. The molecule has 0 aliphatic carbocycles. The predicted molar refractivity (Wildman–Crippen MR) is 73.6 cm³/mol. The second kappa shape index (κ2) is 7.64. The molecular weight excluding hydrogens is 226 g/mol. The highest BCUT2D eigenvalue weighted by Gasteiger charge is 1.99. The molecule has 1 aromatic rings. The molecule has 3 heteroatoms. The predicted octanol–water partition coefficient (Wildman–Crippen LogP) is 3.34. The normalized spacial score (nSPS) is 10.1. The van der Waals surface area contributed by atoms with Gasteiger partial charge in [0, 0.05) is 19.0 Å². The molecule has 0 fully saturated rings. The van der Waals surface area contributed by atoms with Crippen LogP contribution in [0, 0.1) is 0 Å². The van der Waals surface area contributed by atoms with Gasteiger partial charge in [-0.2, -0.15) is 0 Å². The summed E-state index contributed by atoms with van der Waals surface area (Å²) < 4.78 is 0. The fraction of sp³-hybridized carbons (Fsp3) is 0.467. The number of nitrogens with one attached hydrogen (secondary N) is 1. The molecule has 1 aromatic carbocycles. The van der Waals surface area contributed by atoms with Gasteiger partial charge in [-0.15, -0.1) is 0 Å². The summed E-state index contributed by atoms with van der Waals surface area (Å²) in [5, 5.41) is 2.78. The van der Waals surface area contributed by atoms with E-state index in [4.69, 9.17) is 0 Å². The van der Waals surface area contributed by atoms with E-state index >= 15 is 0 Å². The van der Waals surface area contributed by atoms with Gasteiger partial charge >= 0.3 is 0 Å². The number of benzene rings is 1. The highest BCUT2D eigenvalue weighted by molar-refractivity contribution is 5.88. The van der Waals surface area contributed by atoms with Crippen molar-refractivity contribution >= 4 is 17.4 Å². The molecule has 0 unspecified atom stereocenters. The zero-order chi connectivity index (χ0) is 13.4. The van der Waals surface area contributed by atoms with E-state index < -0.39 is 0 Å². The minimum atomic E-state index is -0.0476. The Labute approximate surface area is 109 Å². The van der Waals surface area contributed by atoms with E-state index in [1.807, 2.05) is 18.2 Å². The third-order valence-corrected chi connectivity index (χ3v) is 2.74. The lowest BCUT2D eigenvalue weighted by Gasteiger charge is -2.05. The van der Waals surface area contributed by atoms with Crippen LogP contribution in [0.2, 0.25) is 0 Å². The lowest BCUT2D eigenvalue weighted by atomic mass is 10.0. The smallest absolute Gasteiger partial charge is 0.221 e. The molecule has 0 aromatic heterocycles. The van der Waals surface area contributed by atoms with Crippen molar-refractivity contribution in [3.63, 3.8) is 0 Å². The van der Waals surface area contributed by atoms with E-state index in [2.05, 4.69) is 11.4 Å². The van der Waals surface area contributed by atoms with Gasteiger partial charge < -0.3 is 10.1 Å². The first-order chi connectivity index (χ1) is 8.58. The van der Waals surface area contributed by atoms with Crippen molar-refractivity contribution in [3.8, 4) is 0 Å². The van der Waals surface area contributed by atoms with Gasteiger partial charge in [0.05, 0.1) is 0 Å². The summed E-state index contributed by atoms with van der Waals surface area (Å²) in [6, 6.07) is 7.92. The topological polar surface area (TPSA) is 46.2 Å². The van der Waals surface area contributed by atoms with Gasteiger partial charge in [0.1, 0.15) is 5.78 Å². The van der Waals surface area contributed by atoms with E-state index in [1.165, 1.54) is 12.5 Å². The van der Waals surface area contributed by atoms with Crippen LogP contribution in [0.5, 0.6) is 0 Å². The van der Waals surface area contributed by atoms with Crippen molar-refractivity contribution in [1.82, 2.24) is 0 Å². The average molecular weight is 247 g/mol. The zero-order valence-electron chi connectivity index (χ0n) is 11.2. The minimum absolute atomic E-state index is 0.0476. The fourth-order valence-electron chi connectivity index (χ4n) is 1.89. The molecule has 0 atom stereocenters. The molecule has 1 amide bonds. The average Bonchev–Trinajstić information content (AvgIpc) is 2.27. The number of unbranched alkanes of at least 4 members (excludes halogenated alkanes) is 2. The number of rotatable bonds is 7. The Morgan fingerprint density at radius 1 is 1.11 bits per heavy atom. The Bertz CT molecular complexity index is 413. The molecule has 1 rings (SSSR count). The number of amides is 1. The quantitative estimate of drug-likeness (QED) is 0.751. The second-order valence-corrected chi connectivity index (χ2v) is 4.64. The molecule has 0 radical (unpaired) electrons. The highest BCUT2D eigenvalue weighted by Crippen LogP contribution is 2.13. The van der Waals surface area contributed by atoms with Crippen molar-refractivity contribution in [3.05, 3.63) is 29.8 Å². The number of aryl methyl sites for hydroxylation is 1. The first-order valence-electron chi connectivity index (χ1n) is 6.44. The monoisotopic (exact) mass is 247 g/mol. The largest absolute Gasteiger partial charge is 0.326 e.